The minimum Gasteiger partial charge on any atom is -0.490 e. The lowest BCUT2D eigenvalue weighted by atomic mass is 9.78. The average molecular weight is 377 g/mol. The van der Waals surface area contributed by atoms with Crippen LogP contribution in [0.15, 0.2) is 16.9 Å². The summed E-state index contributed by atoms with van der Waals surface area (Å²) in [6, 6.07) is 3.74. The minimum atomic E-state index is -0.0429. The molecule has 1 fully saturated rings. The highest BCUT2D eigenvalue weighted by molar-refractivity contribution is 7.71. The number of fused-ring (bicyclic) bond motifs is 1. The third-order valence-electron chi connectivity index (χ3n) is 5.59. The lowest BCUT2D eigenvalue weighted by molar-refractivity contribution is 0.181. The van der Waals surface area contributed by atoms with Crippen LogP contribution in [0.5, 0.6) is 11.5 Å². The zero-order valence-electron chi connectivity index (χ0n) is 16.0. The molecule has 1 aromatic heterocycles. The van der Waals surface area contributed by atoms with Gasteiger partial charge in [0.2, 0.25) is 0 Å². The van der Waals surface area contributed by atoms with Crippen LogP contribution in [-0.2, 0) is 0 Å². The zero-order valence-corrected chi connectivity index (χ0v) is 16.8. The van der Waals surface area contributed by atoms with Crippen LogP contribution < -0.4 is 15.0 Å². The molecule has 0 saturated heterocycles. The standard InChI is InChI=1S/C20H28N2O3S/c1-5-24-17-10-14-15(11-18(17)25-6-2)21-20(26)22(19(14)23)16-9-7-8-12(3)13(16)4/h10-13,16H,5-9H2,1-4H3,(H,21,26)/t12-,13-,16+/m0/s1. The summed E-state index contributed by atoms with van der Waals surface area (Å²) < 4.78 is 13.6. The fourth-order valence-corrected chi connectivity index (χ4v) is 4.32. The molecule has 3 rings (SSSR count). The van der Waals surface area contributed by atoms with Gasteiger partial charge in [0, 0.05) is 12.1 Å². The van der Waals surface area contributed by atoms with E-state index in [0.29, 0.717) is 52.2 Å². The third-order valence-corrected chi connectivity index (χ3v) is 5.89. The molecule has 26 heavy (non-hydrogen) atoms. The van der Waals surface area contributed by atoms with E-state index in [9.17, 15) is 4.79 Å². The van der Waals surface area contributed by atoms with Crippen LogP contribution in [0.25, 0.3) is 10.9 Å². The van der Waals surface area contributed by atoms with Crippen LogP contribution >= 0.6 is 12.2 Å². The van der Waals surface area contributed by atoms with Gasteiger partial charge < -0.3 is 14.5 Å². The Bertz CT molecular complexity index is 902. The van der Waals surface area contributed by atoms with E-state index in [0.717, 1.165) is 12.8 Å². The van der Waals surface area contributed by atoms with Gasteiger partial charge in [-0.15, -0.1) is 0 Å². The summed E-state index contributed by atoms with van der Waals surface area (Å²) in [4.78, 5) is 16.5. The first-order chi connectivity index (χ1) is 12.5. The van der Waals surface area contributed by atoms with Crippen LogP contribution in [0, 0.1) is 16.6 Å². The van der Waals surface area contributed by atoms with Crippen molar-refractivity contribution in [3.8, 4) is 11.5 Å². The molecule has 0 spiro atoms. The Morgan fingerprint density at radius 3 is 2.46 bits per heavy atom. The molecule has 1 aliphatic carbocycles. The number of hydrogen-bond acceptors (Lipinski definition) is 4. The predicted molar refractivity (Wildman–Crippen MR) is 107 cm³/mol. The van der Waals surface area contributed by atoms with Gasteiger partial charge in [-0.1, -0.05) is 26.7 Å². The first kappa shape index (κ1) is 19.0. The highest BCUT2D eigenvalue weighted by atomic mass is 32.1. The smallest absolute Gasteiger partial charge is 0.262 e. The molecule has 1 N–H and O–H groups in total. The number of rotatable bonds is 5. The number of aromatic amines is 1. The normalized spacial score (nSPS) is 23.2. The summed E-state index contributed by atoms with van der Waals surface area (Å²) in [5.74, 6) is 2.23. The topological polar surface area (TPSA) is 56.2 Å². The van der Waals surface area contributed by atoms with Crippen molar-refractivity contribution in [2.45, 2.75) is 53.0 Å². The van der Waals surface area contributed by atoms with Gasteiger partial charge in [0.05, 0.1) is 24.1 Å². The lowest BCUT2D eigenvalue weighted by Gasteiger charge is -2.35. The molecular weight excluding hydrogens is 348 g/mol. The van der Waals surface area contributed by atoms with Gasteiger partial charge in [-0.3, -0.25) is 9.36 Å². The van der Waals surface area contributed by atoms with Gasteiger partial charge in [-0.05, 0) is 50.4 Å². The van der Waals surface area contributed by atoms with Crippen molar-refractivity contribution in [2.75, 3.05) is 13.2 Å². The fraction of sp³-hybridized carbons (Fsp3) is 0.600. The second kappa shape index (κ2) is 7.82. The molecule has 1 aromatic carbocycles. The van der Waals surface area contributed by atoms with Gasteiger partial charge in [0.25, 0.3) is 5.56 Å². The fourth-order valence-electron chi connectivity index (χ4n) is 3.99. The Kier molecular flexibility index (Phi) is 5.70. The molecule has 2 aromatic rings. The van der Waals surface area contributed by atoms with Crippen LogP contribution in [0.3, 0.4) is 0 Å². The molecule has 0 radical (unpaired) electrons. The highest BCUT2D eigenvalue weighted by Crippen LogP contribution is 2.37. The maximum absolute atomic E-state index is 13.3. The number of ether oxygens (including phenoxy) is 2. The van der Waals surface area contributed by atoms with Crippen molar-refractivity contribution in [3.05, 3.63) is 27.3 Å². The average Bonchev–Trinajstić information content (AvgIpc) is 2.60. The number of H-pyrrole nitrogens is 1. The van der Waals surface area contributed by atoms with Crippen molar-refractivity contribution in [1.82, 2.24) is 9.55 Å². The minimum absolute atomic E-state index is 0.0429. The molecular formula is C20H28N2O3S. The van der Waals surface area contributed by atoms with Gasteiger partial charge >= 0.3 is 0 Å². The number of aromatic nitrogens is 2. The number of nitrogens with zero attached hydrogens (tertiary/aromatic N) is 1. The first-order valence-electron chi connectivity index (χ1n) is 9.56. The summed E-state index contributed by atoms with van der Waals surface area (Å²) >= 11 is 5.57. The zero-order chi connectivity index (χ0) is 18.8. The van der Waals surface area contributed by atoms with Gasteiger partial charge in [0.15, 0.2) is 16.3 Å². The van der Waals surface area contributed by atoms with Crippen LogP contribution in [-0.4, -0.2) is 22.8 Å². The van der Waals surface area contributed by atoms with Gasteiger partial charge in [0.1, 0.15) is 0 Å². The first-order valence-corrected chi connectivity index (χ1v) is 9.96. The summed E-state index contributed by atoms with van der Waals surface area (Å²) in [7, 11) is 0. The Labute approximate surface area is 159 Å². The molecule has 142 valence electrons. The summed E-state index contributed by atoms with van der Waals surface area (Å²) in [6.07, 6.45) is 3.33. The monoisotopic (exact) mass is 376 g/mol. The van der Waals surface area contributed by atoms with E-state index in [1.807, 2.05) is 19.9 Å². The molecule has 0 unspecified atom stereocenters. The second-order valence-electron chi connectivity index (χ2n) is 7.15. The van der Waals surface area contributed by atoms with Crippen molar-refractivity contribution in [1.29, 1.82) is 0 Å². The Morgan fingerprint density at radius 2 is 1.81 bits per heavy atom. The molecule has 0 bridgehead atoms. The van der Waals surface area contributed by atoms with Crippen molar-refractivity contribution in [2.24, 2.45) is 11.8 Å². The number of benzene rings is 1. The molecule has 3 atom stereocenters. The second-order valence-corrected chi connectivity index (χ2v) is 7.54. The van der Waals surface area contributed by atoms with Crippen molar-refractivity contribution in [3.63, 3.8) is 0 Å². The third kappa shape index (κ3) is 3.39. The summed E-state index contributed by atoms with van der Waals surface area (Å²) in [5, 5.41) is 0.593. The van der Waals surface area contributed by atoms with E-state index in [4.69, 9.17) is 21.7 Å². The molecule has 6 heteroatoms. The molecule has 5 nitrogen and oxygen atoms in total. The highest BCUT2D eigenvalue weighted by Gasteiger charge is 2.30. The Hall–Kier alpha value is -1.82. The van der Waals surface area contributed by atoms with Gasteiger partial charge in [-0.25, -0.2) is 0 Å². The van der Waals surface area contributed by atoms with Crippen LogP contribution in [0.1, 0.15) is 53.0 Å². The number of hydrogen-bond donors (Lipinski definition) is 1. The van der Waals surface area contributed by atoms with E-state index >= 15 is 0 Å². The van der Waals surface area contributed by atoms with Crippen LogP contribution in [0.4, 0.5) is 0 Å². The Balaban J connectivity index is 2.19. The van der Waals surface area contributed by atoms with E-state index < -0.39 is 0 Å². The van der Waals surface area contributed by atoms with Gasteiger partial charge in [-0.2, -0.15) is 0 Å². The van der Waals surface area contributed by atoms with E-state index in [2.05, 4.69) is 18.8 Å². The quantitative estimate of drug-likeness (QED) is 0.758. The van der Waals surface area contributed by atoms with Crippen molar-refractivity contribution >= 4 is 23.1 Å². The molecule has 1 saturated carbocycles. The summed E-state index contributed by atoms with van der Waals surface area (Å²) in [6.45, 7) is 9.37. The predicted octanol–water partition coefficient (Wildman–Crippen LogP) is 4.85. The molecule has 0 aliphatic heterocycles. The van der Waals surface area contributed by atoms with E-state index in [1.54, 1.807) is 10.6 Å². The molecule has 1 aliphatic rings. The lowest BCUT2D eigenvalue weighted by Crippen LogP contribution is -2.34. The van der Waals surface area contributed by atoms with E-state index in [1.165, 1.54) is 6.42 Å². The maximum atomic E-state index is 13.3. The van der Waals surface area contributed by atoms with Crippen LogP contribution in [0.2, 0.25) is 0 Å². The van der Waals surface area contributed by atoms with E-state index in [-0.39, 0.29) is 11.6 Å². The van der Waals surface area contributed by atoms with Crippen molar-refractivity contribution < 1.29 is 9.47 Å². The molecule has 1 heterocycles. The largest absolute Gasteiger partial charge is 0.490 e. The number of nitrogens with one attached hydrogen (secondary N) is 1. The Morgan fingerprint density at radius 1 is 1.15 bits per heavy atom. The summed E-state index contributed by atoms with van der Waals surface area (Å²) in [5.41, 5.74) is 0.651. The molecule has 0 amide bonds. The SMILES string of the molecule is CCOc1cc2[nH]c(=S)n([C@@H]3CCC[C@H](C)[C@@H]3C)c(=O)c2cc1OCC. The maximum Gasteiger partial charge on any atom is 0.262 e.